The number of halogens is 2. The second-order valence-corrected chi connectivity index (χ2v) is 8.37. The van der Waals surface area contributed by atoms with Crippen molar-refractivity contribution in [2.45, 2.75) is 26.4 Å². The lowest BCUT2D eigenvalue weighted by atomic mass is 10.2. The summed E-state index contributed by atoms with van der Waals surface area (Å²) in [6.07, 6.45) is 5.30. The van der Waals surface area contributed by atoms with Gasteiger partial charge in [0.15, 0.2) is 5.78 Å². The van der Waals surface area contributed by atoms with Gasteiger partial charge in [-0.15, -0.1) is 11.3 Å². The fourth-order valence-electron chi connectivity index (χ4n) is 2.43. The number of carbonyl (C=O) groups excluding carboxylic acids is 1. The molecule has 0 aliphatic heterocycles. The Morgan fingerprint density at radius 1 is 1.26 bits per heavy atom. The topological polar surface area (TPSA) is 39.4 Å². The van der Waals surface area contributed by atoms with Crippen molar-refractivity contribution in [1.82, 2.24) is 0 Å². The molecule has 3 nitrogen and oxygen atoms in total. The Hall–Kier alpha value is -1.82. The molecule has 27 heavy (non-hydrogen) atoms. The third kappa shape index (κ3) is 5.58. The predicted molar refractivity (Wildman–Crippen MR) is 114 cm³/mol. The molecule has 0 saturated heterocycles. The average molecular weight is 466 g/mol. The molecule has 0 aliphatic carbocycles. The predicted octanol–water partition coefficient (Wildman–Crippen LogP) is 7.18. The number of ketones is 1. The Morgan fingerprint density at radius 2 is 2.11 bits per heavy atom. The van der Waals surface area contributed by atoms with Gasteiger partial charge in [0.1, 0.15) is 23.9 Å². The average Bonchev–Trinajstić information content (AvgIpc) is 3.29. The molecule has 3 aromatic rings. The van der Waals surface area contributed by atoms with Crippen molar-refractivity contribution in [2.75, 3.05) is 0 Å². The van der Waals surface area contributed by atoms with E-state index in [0.717, 1.165) is 22.2 Å². The van der Waals surface area contributed by atoms with Gasteiger partial charge >= 0.3 is 0 Å². The van der Waals surface area contributed by atoms with E-state index in [4.69, 9.17) is 20.8 Å². The Balaban J connectivity index is 1.58. The van der Waals surface area contributed by atoms with E-state index in [1.165, 1.54) is 11.0 Å². The van der Waals surface area contributed by atoms with E-state index in [-0.39, 0.29) is 12.4 Å². The Morgan fingerprint density at radius 3 is 2.89 bits per heavy atom. The number of carbonyl (C=O) groups is 1. The van der Waals surface area contributed by atoms with Crippen LogP contribution < -0.4 is 4.74 Å². The largest absolute Gasteiger partial charge is 0.484 e. The van der Waals surface area contributed by atoms with Crippen LogP contribution in [0.2, 0.25) is 5.02 Å². The maximum atomic E-state index is 12.3. The maximum Gasteiger partial charge on any atom is 0.195 e. The zero-order chi connectivity index (χ0) is 19.2. The lowest BCUT2D eigenvalue weighted by Gasteiger charge is -2.06. The minimum absolute atomic E-state index is 0.0156. The molecule has 3 rings (SSSR count). The molecule has 0 amide bonds. The normalized spacial score (nSPS) is 11.2. The highest BCUT2D eigenvalue weighted by atomic mass is 79.9. The van der Waals surface area contributed by atoms with Crippen molar-refractivity contribution in [1.29, 1.82) is 0 Å². The third-order valence-corrected chi connectivity index (χ3v) is 5.69. The minimum atomic E-state index is -0.0156. The summed E-state index contributed by atoms with van der Waals surface area (Å²) < 4.78 is 12.3. The molecule has 0 spiro atoms. The number of furan rings is 1. The van der Waals surface area contributed by atoms with Gasteiger partial charge in [-0.2, -0.15) is 0 Å². The van der Waals surface area contributed by atoms with Crippen LogP contribution in [0.3, 0.4) is 0 Å². The van der Waals surface area contributed by atoms with Crippen LogP contribution in [0.15, 0.2) is 57.4 Å². The molecule has 2 aromatic heterocycles. The summed E-state index contributed by atoms with van der Waals surface area (Å²) in [5.41, 5.74) is 0. The van der Waals surface area contributed by atoms with E-state index in [0.29, 0.717) is 22.3 Å². The first-order chi connectivity index (χ1) is 13.0. The number of hydrogen-bond acceptors (Lipinski definition) is 4. The van der Waals surface area contributed by atoms with Crippen LogP contribution in [0.4, 0.5) is 0 Å². The second kappa shape index (κ2) is 9.40. The number of thiophene rings is 1. The van der Waals surface area contributed by atoms with Crippen LogP contribution in [0.25, 0.3) is 6.08 Å². The molecule has 0 aliphatic rings. The van der Waals surface area contributed by atoms with Crippen molar-refractivity contribution in [3.8, 4) is 5.75 Å². The van der Waals surface area contributed by atoms with Crippen LogP contribution in [-0.2, 0) is 13.0 Å². The zero-order valence-electron chi connectivity index (χ0n) is 14.7. The maximum absolute atomic E-state index is 12.3. The molecule has 6 heteroatoms. The molecule has 0 N–H and O–H groups in total. The zero-order valence-corrected chi connectivity index (χ0v) is 17.9. The molecule has 0 bridgehead atoms. The molecule has 0 saturated carbocycles. The van der Waals surface area contributed by atoms with Crippen LogP contribution in [-0.4, -0.2) is 5.78 Å². The van der Waals surface area contributed by atoms with E-state index in [2.05, 4.69) is 22.9 Å². The van der Waals surface area contributed by atoms with Crippen molar-refractivity contribution in [2.24, 2.45) is 0 Å². The van der Waals surface area contributed by atoms with Crippen LogP contribution >= 0.6 is 38.9 Å². The molecule has 0 radical (unpaired) electrons. The number of aryl methyl sites for hydroxylation is 1. The van der Waals surface area contributed by atoms with Gasteiger partial charge in [-0.1, -0.05) is 40.9 Å². The summed E-state index contributed by atoms with van der Waals surface area (Å²) in [5, 5.41) is 0.528. The summed E-state index contributed by atoms with van der Waals surface area (Å²) in [7, 11) is 0. The highest BCUT2D eigenvalue weighted by Crippen LogP contribution is 2.28. The number of allylic oxidation sites excluding steroid dienone is 1. The SMILES string of the molecule is CCCc1ccc(C(=O)/C=C/c2ccc(COc3ccc(Br)cc3Cl)o2)s1. The lowest BCUT2D eigenvalue weighted by molar-refractivity contribution is 0.105. The van der Waals surface area contributed by atoms with Crippen LogP contribution in [0.1, 0.15) is 39.4 Å². The van der Waals surface area contributed by atoms with E-state index < -0.39 is 0 Å². The third-order valence-electron chi connectivity index (χ3n) is 3.75. The van der Waals surface area contributed by atoms with E-state index in [1.807, 2.05) is 30.3 Å². The molecule has 0 atom stereocenters. The summed E-state index contributed by atoms with van der Waals surface area (Å²) in [6.45, 7) is 2.39. The highest BCUT2D eigenvalue weighted by Gasteiger charge is 2.08. The van der Waals surface area contributed by atoms with Gasteiger partial charge in [0, 0.05) is 9.35 Å². The quantitative estimate of drug-likeness (QED) is 0.261. The minimum Gasteiger partial charge on any atom is -0.484 e. The summed E-state index contributed by atoms with van der Waals surface area (Å²) in [5.74, 6) is 1.83. The Labute approximate surface area is 175 Å². The van der Waals surface area contributed by atoms with Crippen LogP contribution in [0, 0.1) is 0 Å². The van der Waals surface area contributed by atoms with Gasteiger partial charge in [0.25, 0.3) is 0 Å². The summed E-state index contributed by atoms with van der Waals surface area (Å²) in [6, 6.07) is 13.0. The van der Waals surface area contributed by atoms with Gasteiger partial charge in [0.2, 0.25) is 0 Å². The molecule has 0 unspecified atom stereocenters. The summed E-state index contributed by atoms with van der Waals surface area (Å²) >= 11 is 11.0. The van der Waals surface area contributed by atoms with E-state index in [1.54, 1.807) is 29.5 Å². The fraction of sp³-hybridized carbons (Fsp3) is 0.190. The fourth-order valence-corrected chi connectivity index (χ4v) is 4.19. The first-order valence-electron chi connectivity index (χ1n) is 8.53. The molecular formula is C21H18BrClO3S. The lowest BCUT2D eigenvalue weighted by Crippen LogP contribution is -1.94. The number of hydrogen-bond donors (Lipinski definition) is 0. The Bertz CT molecular complexity index is 958. The first-order valence-corrected chi connectivity index (χ1v) is 10.5. The molecular weight excluding hydrogens is 448 g/mol. The Kier molecular flexibility index (Phi) is 6.94. The van der Waals surface area contributed by atoms with Crippen molar-refractivity contribution >= 4 is 50.7 Å². The number of benzene rings is 1. The number of rotatable bonds is 8. The van der Waals surface area contributed by atoms with Gasteiger partial charge in [0.05, 0.1) is 9.90 Å². The van der Waals surface area contributed by atoms with Crippen molar-refractivity contribution in [3.63, 3.8) is 0 Å². The summed E-state index contributed by atoms with van der Waals surface area (Å²) in [4.78, 5) is 14.2. The monoisotopic (exact) mass is 464 g/mol. The van der Waals surface area contributed by atoms with Gasteiger partial charge in [-0.05, 0) is 61.0 Å². The standard InChI is InChI=1S/C21H18BrClO3S/c1-2-3-17-8-11-21(27-17)19(24)9-7-15-5-6-16(26-15)13-25-20-10-4-14(22)12-18(20)23/h4-12H,2-3,13H2,1H3/b9-7+. The second-order valence-electron chi connectivity index (χ2n) is 5.88. The highest BCUT2D eigenvalue weighted by molar-refractivity contribution is 9.10. The molecule has 140 valence electrons. The van der Waals surface area contributed by atoms with Crippen molar-refractivity contribution < 1.29 is 13.9 Å². The first kappa shape index (κ1) is 19.9. The van der Waals surface area contributed by atoms with Gasteiger partial charge in [-0.25, -0.2) is 0 Å². The van der Waals surface area contributed by atoms with E-state index in [9.17, 15) is 4.79 Å². The molecule has 1 aromatic carbocycles. The van der Waals surface area contributed by atoms with Gasteiger partial charge < -0.3 is 9.15 Å². The molecule has 2 heterocycles. The van der Waals surface area contributed by atoms with Crippen LogP contribution in [0.5, 0.6) is 5.75 Å². The van der Waals surface area contributed by atoms with E-state index >= 15 is 0 Å². The van der Waals surface area contributed by atoms with Crippen molar-refractivity contribution in [3.05, 3.63) is 79.3 Å². The van der Waals surface area contributed by atoms with Gasteiger partial charge in [-0.3, -0.25) is 4.79 Å². The molecule has 0 fully saturated rings. The smallest absolute Gasteiger partial charge is 0.195 e. The number of ether oxygens (including phenoxy) is 1.